The maximum Gasteiger partial charge on any atom is 0.355 e. The number of ether oxygens (including phenoxy) is 3. The molecule has 0 aliphatic rings. The molecule has 0 saturated carbocycles. The molecule has 0 aromatic carbocycles. The van der Waals surface area contributed by atoms with Gasteiger partial charge in [-0.05, 0) is 53.5 Å². The van der Waals surface area contributed by atoms with E-state index in [0.29, 0.717) is 11.3 Å². The van der Waals surface area contributed by atoms with Crippen molar-refractivity contribution in [2.75, 3.05) is 13.2 Å². The van der Waals surface area contributed by atoms with Gasteiger partial charge in [0.2, 0.25) is 0 Å². The fourth-order valence-corrected chi connectivity index (χ4v) is 2.37. The van der Waals surface area contributed by atoms with Crippen LogP contribution in [0.25, 0.3) is 0 Å². The Bertz CT molecular complexity index is 639. The van der Waals surface area contributed by atoms with Crippen molar-refractivity contribution < 1.29 is 28.6 Å². The summed E-state index contributed by atoms with van der Waals surface area (Å²) in [5.41, 5.74) is 0.671. The topological polar surface area (TPSA) is 94.7 Å². The van der Waals surface area contributed by atoms with Gasteiger partial charge < -0.3 is 19.2 Å². The van der Waals surface area contributed by atoms with E-state index in [-0.39, 0.29) is 37.3 Å². The predicted molar refractivity (Wildman–Crippen MR) is 91.6 cm³/mol. The van der Waals surface area contributed by atoms with Crippen molar-refractivity contribution >= 4 is 17.9 Å². The monoisotopic (exact) mass is 353 g/mol. The maximum absolute atomic E-state index is 12.6. The molecular weight excluding hydrogens is 326 g/mol. The summed E-state index contributed by atoms with van der Waals surface area (Å²) in [6, 6.07) is 0. The molecule has 1 N–H and O–H groups in total. The lowest BCUT2D eigenvalue weighted by Gasteiger charge is -2.20. The van der Waals surface area contributed by atoms with Gasteiger partial charge in [-0.25, -0.2) is 9.59 Å². The second kappa shape index (κ2) is 8.69. The second-order valence-corrected chi connectivity index (χ2v) is 6.51. The smallest absolute Gasteiger partial charge is 0.355 e. The summed E-state index contributed by atoms with van der Waals surface area (Å²) in [6.45, 7) is 10.8. The van der Waals surface area contributed by atoms with Gasteiger partial charge in [-0.2, -0.15) is 0 Å². The van der Waals surface area contributed by atoms with Gasteiger partial charge in [-0.15, -0.1) is 0 Å². The van der Waals surface area contributed by atoms with Crippen molar-refractivity contribution in [3.05, 3.63) is 22.5 Å². The third-order valence-corrected chi connectivity index (χ3v) is 3.26. The van der Waals surface area contributed by atoms with Crippen molar-refractivity contribution in [1.82, 2.24) is 4.98 Å². The van der Waals surface area contributed by atoms with E-state index in [4.69, 9.17) is 14.2 Å². The first kappa shape index (κ1) is 20.7. The van der Waals surface area contributed by atoms with Crippen LogP contribution < -0.4 is 0 Å². The van der Waals surface area contributed by atoms with Crippen LogP contribution in [0.5, 0.6) is 0 Å². The summed E-state index contributed by atoms with van der Waals surface area (Å²) in [7, 11) is 0. The van der Waals surface area contributed by atoms with Crippen LogP contribution in [0.4, 0.5) is 0 Å². The molecule has 1 heterocycles. The molecule has 1 aromatic heterocycles. The molecule has 0 atom stereocenters. The van der Waals surface area contributed by atoms with E-state index < -0.39 is 23.5 Å². The van der Waals surface area contributed by atoms with E-state index in [1.165, 1.54) is 0 Å². The van der Waals surface area contributed by atoms with Crippen LogP contribution in [0.1, 0.15) is 73.1 Å². The molecule has 7 nitrogen and oxygen atoms in total. The Morgan fingerprint density at radius 3 is 2.12 bits per heavy atom. The van der Waals surface area contributed by atoms with Crippen LogP contribution in [-0.4, -0.2) is 41.7 Å². The summed E-state index contributed by atoms with van der Waals surface area (Å²) >= 11 is 0. The average Bonchev–Trinajstić information content (AvgIpc) is 2.80. The number of esters is 3. The molecule has 0 spiro atoms. The van der Waals surface area contributed by atoms with Gasteiger partial charge in [-0.3, -0.25) is 4.79 Å². The highest BCUT2D eigenvalue weighted by Crippen LogP contribution is 2.24. The number of H-pyrrole nitrogens is 1. The number of aryl methyl sites for hydroxylation is 1. The van der Waals surface area contributed by atoms with E-state index in [1.54, 1.807) is 41.5 Å². The molecule has 0 amide bonds. The van der Waals surface area contributed by atoms with Crippen LogP contribution in [0.15, 0.2) is 0 Å². The standard InChI is InChI=1S/C18H27NO6/c1-7-23-13(20)10-9-12-14(16(21)25-18(4,5)6)11(3)19-15(12)17(22)24-8-2/h19H,7-10H2,1-6H3. The Balaban J connectivity index is 3.22. The van der Waals surface area contributed by atoms with E-state index in [9.17, 15) is 14.4 Å². The van der Waals surface area contributed by atoms with Crippen LogP contribution in [-0.2, 0) is 25.4 Å². The third-order valence-electron chi connectivity index (χ3n) is 3.26. The van der Waals surface area contributed by atoms with Crippen LogP contribution in [0.2, 0.25) is 0 Å². The average molecular weight is 353 g/mol. The number of hydrogen-bond acceptors (Lipinski definition) is 6. The highest BCUT2D eigenvalue weighted by Gasteiger charge is 2.29. The summed E-state index contributed by atoms with van der Waals surface area (Å²) in [6.07, 6.45) is 0.221. The minimum Gasteiger partial charge on any atom is -0.466 e. The van der Waals surface area contributed by atoms with Gasteiger partial charge in [0, 0.05) is 12.1 Å². The largest absolute Gasteiger partial charge is 0.466 e. The summed E-state index contributed by atoms with van der Waals surface area (Å²) in [5, 5.41) is 0. The first-order valence-electron chi connectivity index (χ1n) is 8.38. The van der Waals surface area contributed by atoms with Gasteiger partial charge >= 0.3 is 17.9 Å². The molecule has 0 aliphatic heterocycles. The molecular formula is C18H27NO6. The molecule has 25 heavy (non-hydrogen) atoms. The lowest BCUT2D eigenvalue weighted by atomic mass is 10.0. The molecule has 0 aliphatic carbocycles. The van der Waals surface area contributed by atoms with E-state index >= 15 is 0 Å². The molecule has 0 saturated heterocycles. The quantitative estimate of drug-likeness (QED) is 0.598. The molecule has 0 radical (unpaired) electrons. The number of hydrogen-bond donors (Lipinski definition) is 1. The first-order chi connectivity index (χ1) is 11.6. The highest BCUT2D eigenvalue weighted by molar-refractivity contribution is 5.99. The Hall–Kier alpha value is -2.31. The molecule has 1 aromatic rings. The van der Waals surface area contributed by atoms with Crippen LogP contribution in [0, 0.1) is 6.92 Å². The van der Waals surface area contributed by atoms with Crippen LogP contribution >= 0.6 is 0 Å². The number of aromatic nitrogens is 1. The molecule has 7 heteroatoms. The number of aromatic amines is 1. The normalized spacial score (nSPS) is 11.1. The fourth-order valence-electron chi connectivity index (χ4n) is 2.37. The molecule has 1 rings (SSSR count). The first-order valence-corrected chi connectivity index (χ1v) is 8.38. The van der Waals surface area contributed by atoms with Crippen LogP contribution in [0.3, 0.4) is 0 Å². The number of nitrogens with one attached hydrogen (secondary N) is 1. The fraction of sp³-hybridized carbons (Fsp3) is 0.611. The molecule has 0 fully saturated rings. The maximum atomic E-state index is 12.6. The lowest BCUT2D eigenvalue weighted by Crippen LogP contribution is -2.25. The molecule has 0 bridgehead atoms. The van der Waals surface area contributed by atoms with Gasteiger partial charge in [-0.1, -0.05) is 0 Å². The van der Waals surface area contributed by atoms with E-state index in [0.717, 1.165) is 0 Å². The zero-order valence-electron chi connectivity index (χ0n) is 15.8. The Labute approximate surface area is 148 Å². The number of rotatable bonds is 7. The molecule has 0 unspecified atom stereocenters. The zero-order valence-corrected chi connectivity index (χ0v) is 15.8. The highest BCUT2D eigenvalue weighted by atomic mass is 16.6. The third kappa shape index (κ3) is 5.92. The van der Waals surface area contributed by atoms with Crippen molar-refractivity contribution in [1.29, 1.82) is 0 Å². The van der Waals surface area contributed by atoms with Crippen molar-refractivity contribution in [2.45, 2.75) is 60.0 Å². The van der Waals surface area contributed by atoms with Crippen molar-refractivity contribution in [2.24, 2.45) is 0 Å². The van der Waals surface area contributed by atoms with Gasteiger partial charge in [0.15, 0.2) is 0 Å². The Morgan fingerprint density at radius 2 is 1.60 bits per heavy atom. The zero-order chi connectivity index (χ0) is 19.2. The SMILES string of the molecule is CCOC(=O)CCc1c(C(=O)OCC)[nH]c(C)c1C(=O)OC(C)(C)C. The van der Waals surface area contributed by atoms with Crippen molar-refractivity contribution in [3.8, 4) is 0 Å². The molecule has 140 valence electrons. The van der Waals surface area contributed by atoms with E-state index in [1.807, 2.05) is 0 Å². The summed E-state index contributed by atoms with van der Waals surface area (Å²) < 4.78 is 15.4. The second-order valence-electron chi connectivity index (χ2n) is 6.51. The Kier molecular flexibility index (Phi) is 7.21. The van der Waals surface area contributed by atoms with E-state index in [2.05, 4.69) is 4.98 Å². The van der Waals surface area contributed by atoms with Crippen molar-refractivity contribution in [3.63, 3.8) is 0 Å². The minimum atomic E-state index is -0.677. The lowest BCUT2D eigenvalue weighted by molar-refractivity contribution is -0.143. The summed E-state index contributed by atoms with van der Waals surface area (Å²) in [5.74, 6) is -1.51. The Morgan fingerprint density at radius 1 is 1.00 bits per heavy atom. The number of carbonyl (C=O) groups is 3. The predicted octanol–water partition coefficient (Wildman–Crippen LogP) is 2.95. The number of carbonyl (C=O) groups excluding carboxylic acids is 3. The summed E-state index contributed by atoms with van der Waals surface area (Å²) in [4.78, 5) is 39.3. The van der Waals surface area contributed by atoms with Gasteiger partial charge in [0.05, 0.1) is 18.8 Å². The minimum absolute atomic E-state index is 0.0489. The van der Waals surface area contributed by atoms with Gasteiger partial charge in [0.1, 0.15) is 11.3 Å². The van der Waals surface area contributed by atoms with Gasteiger partial charge in [0.25, 0.3) is 0 Å².